The highest BCUT2D eigenvalue weighted by Crippen LogP contribution is 2.27. The molecule has 0 aliphatic rings. The Morgan fingerprint density at radius 1 is 1.11 bits per heavy atom. The zero-order chi connectivity index (χ0) is 13.7. The van der Waals surface area contributed by atoms with E-state index in [1.165, 1.54) is 6.07 Å². The fourth-order valence-corrected chi connectivity index (χ4v) is 2.11. The van der Waals surface area contributed by atoms with Gasteiger partial charge in [-0.1, -0.05) is 34.1 Å². The fraction of sp³-hybridized carbons (Fsp3) is 0.200. The van der Waals surface area contributed by atoms with Crippen LogP contribution in [0.1, 0.15) is 6.42 Å². The van der Waals surface area contributed by atoms with Crippen LogP contribution in [-0.2, 0) is 0 Å². The van der Waals surface area contributed by atoms with Crippen LogP contribution in [0.15, 0.2) is 46.9 Å². The second kappa shape index (κ2) is 6.68. The van der Waals surface area contributed by atoms with Crippen LogP contribution in [0.25, 0.3) is 11.1 Å². The Labute approximate surface area is 120 Å². The minimum Gasteiger partial charge on any atom is -0.490 e. The summed E-state index contributed by atoms with van der Waals surface area (Å²) in [5.74, 6) is -0.178. The van der Waals surface area contributed by atoms with Crippen molar-refractivity contribution < 1.29 is 14.2 Å². The van der Waals surface area contributed by atoms with Gasteiger partial charge in [-0.05, 0) is 35.4 Å². The number of halogens is 2. The Balaban J connectivity index is 2.19. The highest BCUT2D eigenvalue weighted by molar-refractivity contribution is 9.10. The van der Waals surface area contributed by atoms with E-state index in [4.69, 9.17) is 9.84 Å². The Morgan fingerprint density at radius 2 is 1.89 bits per heavy atom. The van der Waals surface area contributed by atoms with E-state index >= 15 is 0 Å². The molecule has 2 nitrogen and oxygen atoms in total. The maximum absolute atomic E-state index is 13.9. The number of ether oxygens (including phenoxy) is 1. The first-order chi connectivity index (χ1) is 9.20. The molecule has 0 unspecified atom stereocenters. The number of hydrogen-bond acceptors (Lipinski definition) is 2. The topological polar surface area (TPSA) is 29.5 Å². The van der Waals surface area contributed by atoms with Crippen molar-refractivity contribution in [2.24, 2.45) is 0 Å². The molecule has 0 heterocycles. The molecule has 19 heavy (non-hydrogen) atoms. The Morgan fingerprint density at radius 3 is 2.58 bits per heavy atom. The van der Waals surface area contributed by atoms with Gasteiger partial charge >= 0.3 is 0 Å². The van der Waals surface area contributed by atoms with E-state index in [-0.39, 0.29) is 12.4 Å². The number of rotatable bonds is 5. The van der Waals surface area contributed by atoms with Gasteiger partial charge in [0, 0.05) is 17.5 Å². The summed E-state index contributed by atoms with van der Waals surface area (Å²) in [7, 11) is 0. The van der Waals surface area contributed by atoms with Gasteiger partial charge in [-0.2, -0.15) is 0 Å². The first-order valence-corrected chi connectivity index (χ1v) is 6.79. The quantitative estimate of drug-likeness (QED) is 0.842. The van der Waals surface area contributed by atoms with Gasteiger partial charge in [0.15, 0.2) is 11.6 Å². The Kier molecular flexibility index (Phi) is 4.93. The molecule has 4 heteroatoms. The Bertz CT molecular complexity index is 558. The molecule has 2 aromatic carbocycles. The minimum atomic E-state index is -0.393. The lowest BCUT2D eigenvalue weighted by Gasteiger charge is -2.08. The van der Waals surface area contributed by atoms with E-state index in [1.807, 2.05) is 30.3 Å². The average molecular weight is 325 g/mol. The van der Waals surface area contributed by atoms with Crippen molar-refractivity contribution in [3.63, 3.8) is 0 Å². The summed E-state index contributed by atoms with van der Waals surface area (Å²) in [4.78, 5) is 0. The van der Waals surface area contributed by atoms with E-state index in [9.17, 15) is 4.39 Å². The van der Waals surface area contributed by atoms with Crippen LogP contribution in [0, 0.1) is 5.82 Å². The molecule has 0 aliphatic heterocycles. The molecule has 0 saturated heterocycles. The minimum absolute atomic E-state index is 0.0394. The highest BCUT2D eigenvalue weighted by Gasteiger charge is 2.06. The number of hydrogen-bond donors (Lipinski definition) is 1. The van der Waals surface area contributed by atoms with Crippen molar-refractivity contribution >= 4 is 15.9 Å². The van der Waals surface area contributed by atoms with Crippen LogP contribution >= 0.6 is 15.9 Å². The SMILES string of the molecule is OCCCOc1ccc(-c2cccc(Br)c2)cc1F. The van der Waals surface area contributed by atoms with Crippen molar-refractivity contribution in [3.05, 3.63) is 52.8 Å². The lowest BCUT2D eigenvalue weighted by atomic mass is 10.1. The van der Waals surface area contributed by atoms with Gasteiger partial charge < -0.3 is 9.84 Å². The van der Waals surface area contributed by atoms with Gasteiger partial charge in [-0.3, -0.25) is 0 Å². The number of benzene rings is 2. The lowest BCUT2D eigenvalue weighted by Crippen LogP contribution is -2.01. The molecule has 2 rings (SSSR count). The smallest absolute Gasteiger partial charge is 0.165 e. The zero-order valence-corrected chi connectivity index (χ0v) is 11.9. The van der Waals surface area contributed by atoms with Gasteiger partial charge in [0.2, 0.25) is 0 Å². The monoisotopic (exact) mass is 324 g/mol. The maximum Gasteiger partial charge on any atom is 0.165 e. The molecule has 0 bridgehead atoms. The number of aliphatic hydroxyl groups is 1. The summed E-state index contributed by atoms with van der Waals surface area (Å²) >= 11 is 3.39. The van der Waals surface area contributed by atoms with Gasteiger partial charge in [0.1, 0.15) is 0 Å². The first kappa shape index (κ1) is 14.0. The van der Waals surface area contributed by atoms with Crippen molar-refractivity contribution in [3.8, 4) is 16.9 Å². The molecule has 0 saturated carbocycles. The molecule has 100 valence electrons. The van der Waals surface area contributed by atoms with Crippen LogP contribution in [0.2, 0.25) is 0 Å². The van der Waals surface area contributed by atoms with E-state index in [2.05, 4.69) is 15.9 Å². The van der Waals surface area contributed by atoms with Crippen molar-refractivity contribution in [2.75, 3.05) is 13.2 Å². The molecule has 2 aromatic rings. The molecule has 0 amide bonds. The summed E-state index contributed by atoms with van der Waals surface area (Å²) in [6.07, 6.45) is 0.493. The highest BCUT2D eigenvalue weighted by atomic mass is 79.9. The third-order valence-electron chi connectivity index (χ3n) is 2.65. The first-order valence-electron chi connectivity index (χ1n) is 6.00. The molecule has 0 spiro atoms. The fourth-order valence-electron chi connectivity index (χ4n) is 1.71. The maximum atomic E-state index is 13.9. The molecular formula is C15H14BrFO2. The van der Waals surface area contributed by atoms with E-state index in [0.717, 1.165) is 15.6 Å². The second-order valence-corrected chi connectivity index (χ2v) is 5.00. The average Bonchev–Trinajstić information content (AvgIpc) is 2.41. The lowest BCUT2D eigenvalue weighted by molar-refractivity contribution is 0.228. The van der Waals surface area contributed by atoms with Crippen molar-refractivity contribution in [2.45, 2.75) is 6.42 Å². The van der Waals surface area contributed by atoms with Crippen LogP contribution < -0.4 is 4.74 Å². The van der Waals surface area contributed by atoms with E-state index in [0.29, 0.717) is 13.0 Å². The van der Waals surface area contributed by atoms with Crippen LogP contribution in [-0.4, -0.2) is 18.3 Å². The predicted molar refractivity (Wildman–Crippen MR) is 76.7 cm³/mol. The number of aliphatic hydroxyl groups excluding tert-OH is 1. The third kappa shape index (κ3) is 3.78. The zero-order valence-electron chi connectivity index (χ0n) is 10.3. The van der Waals surface area contributed by atoms with Gasteiger partial charge in [-0.25, -0.2) is 4.39 Å². The van der Waals surface area contributed by atoms with Gasteiger partial charge in [0.25, 0.3) is 0 Å². The molecule has 0 fully saturated rings. The summed E-state index contributed by atoms with van der Waals surface area (Å²) in [6.45, 7) is 0.349. The van der Waals surface area contributed by atoms with Gasteiger partial charge in [0.05, 0.1) is 6.61 Å². The van der Waals surface area contributed by atoms with E-state index < -0.39 is 5.82 Å². The molecule has 1 N–H and O–H groups in total. The second-order valence-electron chi connectivity index (χ2n) is 4.08. The summed E-state index contributed by atoms with van der Waals surface area (Å²) in [6, 6.07) is 12.6. The van der Waals surface area contributed by atoms with Crippen LogP contribution in [0.5, 0.6) is 5.75 Å². The molecule has 0 radical (unpaired) electrons. The van der Waals surface area contributed by atoms with Crippen LogP contribution in [0.4, 0.5) is 4.39 Å². The van der Waals surface area contributed by atoms with Crippen molar-refractivity contribution in [1.29, 1.82) is 0 Å². The van der Waals surface area contributed by atoms with Gasteiger partial charge in [-0.15, -0.1) is 0 Å². The predicted octanol–water partition coefficient (Wildman–Crippen LogP) is 4.02. The summed E-state index contributed by atoms with van der Waals surface area (Å²) < 4.78 is 20.1. The summed E-state index contributed by atoms with van der Waals surface area (Å²) in [5.41, 5.74) is 1.74. The molecule has 0 atom stereocenters. The van der Waals surface area contributed by atoms with E-state index in [1.54, 1.807) is 6.07 Å². The molecular weight excluding hydrogens is 311 g/mol. The third-order valence-corrected chi connectivity index (χ3v) is 3.14. The normalized spacial score (nSPS) is 10.5. The molecule has 0 aromatic heterocycles. The summed E-state index contributed by atoms with van der Waals surface area (Å²) in [5, 5.41) is 8.65. The largest absolute Gasteiger partial charge is 0.490 e. The van der Waals surface area contributed by atoms with Crippen molar-refractivity contribution in [1.82, 2.24) is 0 Å². The molecule has 0 aliphatic carbocycles. The van der Waals surface area contributed by atoms with Crippen LogP contribution in [0.3, 0.4) is 0 Å². The Hall–Kier alpha value is -1.39. The standard InChI is InChI=1S/C15H14BrFO2/c16-13-4-1-3-11(9-13)12-5-6-15(14(17)10-12)19-8-2-7-18/h1,3-6,9-10,18H,2,7-8H2.